The molecule has 1 aliphatic carbocycles. The van der Waals surface area contributed by atoms with Crippen LogP contribution < -0.4 is 0 Å². The van der Waals surface area contributed by atoms with Crippen LogP contribution >= 0.6 is 23.1 Å². The Bertz CT molecular complexity index is 382. The van der Waals surface area contributed by atoms with Gasteiger partial charge in [-0.15, -0.1) is 0 Å². The van der Waals surface area contributed by atoms with Gasteiger partial charge in [0.1, 0.15) is 5.60 Å². The molecule has 3 nitrogen and oxygen atoms in total. The summed E-state index contributed by atoms with van der Waals surface area (Å²) in [6.45, 7) is 7.33. The van der Waals surface area contributed by atoms with Crippen molar-refractivity contribution in [2.24, 2.45) is 5.41 Å². The first-order valence-corrected chi connectivity index (χ1v) is 7.26. The van der Waals surface area contributed by atoms with E-state index in [9.17, 15) is 0 Å². The van der Waals surface area contributed by atoms with E-state index < -0.39 is 0 Å². The normalized spacial score (nSPS) is 22.6. The molecule has 1 aromatic heterocycles. The maximum absolute atomic E-state index is 5.99. The van der Waals surface area contributed by atoms with E-state index in [1.165, 1.54) is 11.5 Å². The lowest BCUT2D eigenvalue weighted by Gasteiger charge is -2.41. The minimum absolute atomic E-state index is 0.298. The Balaban J connectivity index is 2.22. The van der Waals surface area contributed by atoms with Gasteiger partial charge in [-0.05, 0) is 61.2 Å². The number of halogens is 1. The highest BCUT2D eigenvalue weighted by Gasteiger charge is 2.43. The lowest BCUT2D eigenvalue weighted by Crippen LogP contribution is -2.38. The smallest absolute Gasteiger partial charge is 0.203 e. The van der Waals surface area contributed by atoms with Gasteiger partial charge >= 0.3 is 0 Å². The van der Waals surface area contributed by atoms with E-state index in [2.05, 4.69) is 23.2 Å². The summed E-state index contributed by atoms with van der Waals surface area (Å²) >= 11 is 7.13. The summed E-state index contributed by atoms with van der Waals surface area (Å²) in [5.74, 6) is 0.782. The van der Waals surface area contributed by atoms with Gasteiger partial charge in [-0.25, -0.2) is 4.98 Å². The van der Waals surface area contributed by atoms with Crippen LogP contribution in [0.2, 0.25) is 4.47 Å². The largest absolute Gasteiger partial charge is 0.367 e. The molecule has 0 aliphatic heterocycles. The highest BCUT2D eigenvalue weighted by atomic mass is 35.5. The average molecular weight is 275 g/mol. The molecule has 1 heterocycles. The summed E-state index contributed by atoms with van der Waals surface area (Å²) < 4.78 is 10.8. The van der Waals surface area contributed by atoms with Crippen molar-refractivity contribution >= 4 is 23.1 Å². The topological polar surface area (TPSA) is 35.0 Å². The molecule has 1 aromatic rings. The fraction of sp³-hybridized carbons (Fsp3) is 0.833. The van der Waals surface area contributed by atoms with Crippen LogP contribution in [-0.4, -0.2) is 16.0 Å². The minimum Gasteiger partial charge on any atom is -0.367 e. The fourth-order valence-electron chi connectivity index (χ4n) is 2.43. The second-order valence-electron chi connectivity index (χ2n) is 5.46. The predicted octanol–water partition coefficient (Wildman–Crippen LogP) is 4.02. The molecular formula is C12H19ClN2OS. The van der Waals surface area contributed by atoms with Crippen molar-refractivity contribution in [1.82, 2.24) is 9.36 Å². The van der Waals surface area contributed by atoms with Crippen LogP contribution in [-0.2, 0) is 10.3 Å². The molecule has 1 saturated carbocycles. The van der Waals surface area contributed by atoms with Crippen molar-refractivity contribution in [1.29, 1.82) is 0 Å². The Morgan fingerprint density at radius 3 is 2.41 bits per heavy atom. The van der Waals surface area contributed by atoms with Crippen LogP contribution in [0.4, 0.5) is 0 Å². The second-order valence-corrected chi connectivity index (χ2v) is 6.80. The monoisotopic (exact) mass is 274 g/mol. The van der Waals surface area contributed by atoms with Crippen molar-refractivity contribution in [3.8, 4) is 0 Å². The SMILES string of the molecule is CCOC1(c2nsc(Cl)n2)CCC(C)(C)CC1. The van der Waals surface area contributed by atoms with E-state index in [0.29, 0.717) is 16.5 Å². The minimum atomic E-state index is -0.298. The maximum atomic E-state index is 5.99. The van der Waals surface area contributed by atoms with Crippen LogP contribution in [0.1, 0.15) is 52.3 Å². The third-order valence-corrected chi connectivity index (χ3v) is 4.44. The molecule has 0 unspecified atom stereocenters. The first-order chi connectivity index (χ1) is 7.97. The van der Waals surface area contributed by atoms with Crippen LogP contribution in [0, 0.1) is 5.41 Å². The predicted molar refractivity (Wildman–Crippen MR) is 70.5 cm³/mol. The third kappa shape index (κ3) is 2.80. The Morgan fingerprint density at radius 1 is 1.29 bits per heavy atom. The van der Waals surface area contributed by atoms with E-state index in [-0.39, 0.29) is 5.60 Å². The van der Waals surface area contributed by atoms with Gasteiger partial charge in [0.05, 0.1) is 0 Å². The number of hydrogen-bond acceptors (Lipinski definition) is 4. The first-order valence-electron chi connectivity index (χ1n) is 6.11. The lowest BCUT2D eigenvalue weighted by atomic mass is 9.70. The molecule has 1 aliphatic rings. The summed E-state index contributed by atoms with van der Waals surface area (Å²) in [5.41, 5.74) is 0.105. The third-order valence-electron chi connectivity index (χ3n) is 3.64. The van der Waals surface area contributed by atoms with Gasteiger partial charge in [0, 0.05) is 6.61 Å². The van der Waals surface area contributed by atoms with Crippen molar-refractivity contribution < 1.29 is 4.74 Å². The van der Waals surface area contributed by atoms with E-state index in [4.69, 9.17) is 16.3 Å². The molecule has 0 atom stereocenters. The summed E-state index contributed by atoms with van der Waals surface area (Å²) in [6, 6.07) is 0. The van der Waals surface area contributed by atoms with E-state index in [0.717, 1.165) is 31.5 Å². The molecule has 96 valence electrons. The molecule has 0 saturated heterocycles. The van der Waals surface area contributed by atoms with Gasteiger partial charge in [-0.3, -0.25) is 0 Å². The molecule has 0 aromatic carbocycles. The Hall–Kier alpha value is -0.190. The van der Waals surface area contributed by atoms with E-state index >= 15 is 0 Å². The molecule has 0 N–H and O–H groups in total. The molecular weight excluding hydrogens is 256 g/mol. The molecule has 2 rings (SSSR count). The van der Waals surface area contributed by atoms with Crippen LogP contribution in [0.5, 0.6) is 0 Å². The first kappa shape index (κ1) is 13.2. The van der Waals surface area contributed by atoms with E-state index in [1.807, 2.05) is 6.92 Å². The van der Waals surface area contributed by atoms with Gasteiger partial charge in [0.2, 0.25) is 4.47 Å². The highest BCUT2D eigenvalue weighted by Crippen LogP contribution is 2.46. The van der Waals surface area contributed by atoms with E-state index in [1.54, 1.807) is 0 Å². The zero-order chi connectivity index (χ0) is 12.5. The fourth-order valence-corrected chi connectivity index (χ4v) is 3.11. The lowest BCUT2D eigenvalue weighted by molar-refractivity contribution is -0.0940. The molecule has 0 spiro atoms. The van der Waals surface area contributed by atoms with Gasteiger partial charge < -0.3 is 4.74 Å². The van der Waals surface area contributed by atoms with Crippen LogP contribution in [0.15, 0.2) is 0 Å². The Labute approximate surface area is 112 Å². The number of rotatable bonds is 3. The molecule has 17 heavy (non-hydrogen) atoms. The summed E-state index contributed by atoms with van der Waals surface area (Å²) in [7, 11) is 0. The Kier molecular flexibility index (Phi) is 3.76. The van der Waals surface area contributed by atoms with Crippen molar-refractivity contribution in [2.75, 3.05) is 6.61 Å². The summed E-state index contributed by atoms with van der Waals surface area (Å²) in [4.78, 5) is 4.32. The summed E-state index contributed by atoms with van der Waals surface area (Å²) in [5, 5.41) is 0. The van der Waals surface area contributed by atoms with Crippen molar-refractivity contribution in [3.63, 3.8) is 0 Å². The zero-order valence-corrected chi connectivity index (χ0v) is 12.2. The quantitative estimate of drug-likeness (QED) is 0.835. The van der Waals surface area contributed by atoms with Crippen LogP contribution in [0.25, 0.3) is 0 Å². The molecule has 0 amide bonds. The molecule has 5 heteroatoms. The van der Waals surface area contributed by atoms with Crippen molar-refractivity contribution in [2.45, 2.75) is 52.1 Å². The van der Waals surface area contributed by atoms with Crippen molar-refractivity contribution in [3.05, 3.63) is 10.3 Å². The molecule has 0 bridgehead atoms. The van der Waals surface area contributed by atoms with Gasteiger partial charge in [-0.2, -0.15) is 4.37 Å². The second kappa shape index (κ2) is 4.82. The maximum Gasteiger partial charge on any atom is 0.203 e. The Morgan fingerprint density at radius 2 is 1.94 bits per heavy atom. The van der Waals surface area contributed by atoms with Gasteiger partial charge in [0.15, 0.2) is 5.82 Å². The highest BCUT2D eigenvalue weighted by molar-refractivity contribution is 7.10. The molecule has 0 radical (unpaired) electrons. The average Bonchev–Trinajstić information content (AvgIpc) is 2.69. The van der Waals surface area contributed by atoms with Crippen LogP contribution in [0.3, 0.4) is 0 Å². The number of ether oxygens (including phenoxy) is 1. The number of aromatic nitrogens is 2. The summed E-state index contributed by atoms with van der Waals surface area (Å²) in [6.07, 6.45) is 4.26. The molecule has 1 fully saturated rings. The number of hydrogen-bond donors (Lipinski definition) is 0. The van der Waals surface area contributed by atoms with Gasteiger partial charge in [-0.1, -0.05) is 13.8 Å². The number of nitrogens with zero attached hydrogens (tertiary/aromatic N) is 2. The van der Waals surface area contributed by atoms with Gasteiger partial charge in [0.25, 0.3) is 0 Å². The zero-order valence-electron chi connectivity index (χ0n) is 10.6. The standard InChI is InChI=1S/C12H19ClN2OS/c1-4-16-12(9-14-10(13)17-15-9)7-5-11(2,3)6-8-12/h4-8H2,1-3H3.